The van der Waals surface area contributed by atoms with Crippen molar-refractivity contribution in [1.29, 1.82) is 0 Å². The molecule has 1 atom stereocenters. The van der Waals surface area contributed by atoms with Gasteiger partial charge in [-0.2, -0.15) is 0 Å². The second kappa shape index (κ2) is 6.53. The van der Waals surface area contributed by atoms with E-state index in [-0.39, 0.29) is 11.9 Å². The van der Waals surface area contributed by atoms with E-state index in [4.69, 9.17) is 11.6 Å². The van der Waals surface area contributed by atoms with Crippen LogP contribution in [0.25, 0.3) is 0 Å². The van der Waals surface area contributed by atoms with Crippen molar-refractivity contribution in [3.05, 3.63) is 69.7 Å². The molecular weight excluding hydrogens is 294 g/mol. The molecule has 0 radical (unpaired) electrons. The lowest BCUT2D eigenvalue weighted by Crippen LogP contribution is -2.28. The van der Waals surface area contributed by atoms with Crippen LogP contribution in [0.5, 0.6) is 0 Å². The lowest BCUT2D eigenvalue weighted by Gasteiger charge is -2.16. The number of hydrogen-bond donors (Lipinski definition) is 1. The Hall–Kier alpha value is -1.80. The van der Waals surface area contributed by atoms with E-state index in [1.807, 2.05) is 31.2 Å². The molecule has 0 aliphatic heterocycles. The van der Waals surface area contributed by atoms with Gasteiger partial charge < -0.3 is 5.32 Å². The Bertz CT molecular complexity index is 696. The van der Waals surface area contributed by atoms with Gasteiger partial charge in [0.2, 0.25) is 5.91 Å². The summed E-state index contributed by atoms with van der Waals surface area (Å²) in [7, 11) is 0. The first-order valence-corrected chi connectivity index (χ1v) is 8.15. The minimum Gasteiger partial charge on any atom is -0.349 e. The van der Waals surface area contributed by atoms with Crippen LogP contribution in [0, 0.1) is 0 Å². The third-order valence-electron chi connectivity index (χ3n) is 4.25. The maximum Gasteiger partial charge on any atom is 0.224 e. The topological polar surface area (TPSA) is 29.1 Å². The van der Waals surface area contributed by atoms with Crippen LogP contribution in [0.1, 0.15) is 41.6 Å². The Kier molecular flexibility index (Phi) is 4.49. The molecule has 2 aromatic carbocycles. The van der Waals surface area contributed by atoms with E-state index >= 15 is 0 Å². The smallest absolute Gasteiger partial charge is 0.224 e. The minimum absolute atomic E-state index is 0.0234. The van der Waals surface area contributed by atoms with Crippen LogP contribution in [0.2, 0.25) is 5.02 Å². The van der Waals surface area contributed by atoms with Crippen molar-refractivity contribution in [3.63, 3.8) is 0 Å². The molecular formula is C19H20ClNO. The summed E-state index contributed by atoms with van der Waals surface area (Å²) >= 11 is 5.95. The second-order valence-electron chi connectivity index (χ2n) is 5.98. The number of amides is 1. The molecule has 2 nitrogen and oxygen atoms in total. The fourth-order valence-corrected chi connectivity index (χ4v) is 3.28. The van der Waals surface area contributed by atoms with Gasteiger partial charge >= 0.3 is 0 Å². The highest BCUT2D eigenvalue weighted by molar-refractivity contribution is 6.30. The van der Waals surface area contributed by atoms with E-state index in [9.17, 15) is 4.79 Å². The van der Waals surface area contributed by atoms with E-state index in [0.717, 1.165) is 12.0 Å². The van der Waals surface area contributed by atoms with Gasteiger partial charge in [-0.05, 0) is 60.6 Å². The summed E-state index contributed by atoms with van der Waals surface area (Å²) in [5.41, 5.74) is 5.01. The SMILES string of the molecule is CC(NC(=O)Cc1cccc(Cl)c1)c1ccc2c(c1)CCC2. The molecule has 3 heteroatoms. The van der Waals surface area contributed by atoms with Gasteiger partial charge in [-0.25, -0.2) is 0 Å². The molecule has 0 bridgehead atoms. The van der Waals surface area contributed by atoms with Gasteiger partial charge in [0.05, 0.1) is 12.5 Å². The number of carbonyl (C=O) groups is 1. The Morgan fingerprint density at radius 3 is 2.82 bits per heavy atom. The number of hydrogen-bond acceptors (Lipinski definition) is 1. The van der Waals surface area contributed by atoms with Crippen LogP contribution in [-0.2, 0) is 24.1 Å². The quantitative estimate of drug-likeness (QED) is 0.898. The lowest BCUT2D eigenvalue weighted by atomic mass is 10.0. The van der Waals surface area contributed by atoms with Gasteiger partial charge in [-0.1, -0.05) is 41.9 Å². The van der Waals surface area contributed by atoms with Crippen LogP contribution in [0.3, 0.4) is 0 Å². The van der Waals surface area contributed by atoms with E-state index < -0.39 is 0 Å². The summed E-state index contributed by atoms with van der Waals surface area (Å²) in [5, 5.41) is 3.74. The predicted molar refractivity (Wildman–Crippen MR) is 90.2 cm³/mol. The molecule has 0 spiro atoms. The Morgan fingerprint density at radius 2 is 2.00 bits per heavy atom. The molecule has 1 aliphatic rings. The molecule has 1 amide bonds. The highest BCUT2D eigenvalue weighted by Crippen LogP contribution is 2.25. The molecule has 1 aliphatic carbocycles. The molecule has 114 valence electrons. The first-order chi connectivity index (χ1) is 10.6. The van der Waals surface area contributed by atoms with Gasteiger partial charge in [-0.15, -0.1) is 0 Å². The molecule has 0 heterocycles. The maximum absolute atomic E-state index is 12.2. The molecule has 0 fully saturated rings. The Labute approximate surface area is 136 Å². The van der Waals surface area contributed by atoms with Gasteiger partial charge in [0.1, 0.15) is 0 Å². The zero-order valence-electron chi connectivity index (χ0n) is 12.7. The monoisotopic (exact) mass is 313 g/mol. The molecule has 0 saturated carbocycles. The van der Waals surface area contributed by atoms with Crippen LogP contribution in [0.4, 0.5) is 0 Å². The Morgan fingerprint density at radius 1 is 1.18 bits per heavy atom. The molecule has 22 heavy (non-hydrogen) atoms. The predicted octanol–water partition coefficient (Wildman–Crippen LogP) is 4.25. The number of aryl methyl sites for hydroxylation is 2. The van der Waals surface area contributed by atoms with Crippen LogP contribution < -0.4 is 5.32 Å². The van der Waals surface area contributed by atoms with E-state index in [1.54, 1.807) is 0 Å². The van der Waals surface area contributed by atoms with Gasteiger partial charge in [0, 0.05) is 5.02 Å². The molecule has 2 aromatic rings. The number of nitrogens with one attached hydrogen (secondary N) is 1. The van der Waals surface area contributed by atoms with Crippen molar-refractivity contribution in [2.75, 3.05) is 0 Å². The first-order valence-electron chi connectivity index (χ1n) is 7.77. The average molecular weight is 314 g/mol. The number of fused-ring (bicyclic) bond motifs is 1. The largest absolute Gasteiger partial charge is 0.349 e. The minimum atomic E-state index is 0.0234. The van der Waals surface area contributed by atoms with Crippen molar-refractivity contribution in [2.45, 2.75) is 38.6 Å². The number of rotatable bonds is 4. The van der Waals surface area contributed by atoms with Crippen molar-refractivity contribution < 1.29 is 4.79 Å². The number of benzene rings is 2. The third-order valence-corrected chi connectivity index (χ3v) is 4.49. The summed E-state index contributed by atoms with van der Waals surface area (Å²) in [6.45, 7) is 2.03. The van der Waals surface area contributed by atoms with Crippen LogP contribution >= 0.6 is 11.6 Å². The highest BCUT2D eigenvalue weighted by Gasteiger charge is 2.15. The summed E-state index contributed by atoms with van der Waals surface area (Å²) in [5.74, 6) is 0.0234. The second-order valence-corrected chi connectivity index (χ2v) is 6.41. The normalized spacial score (nSPS) is 14.5. The molecule has 1 unspecified atom stereocenters. The standard InChI is InChI=1S/C19H20ClNO/c1-13(16-9-8-15-5-3-6-17(15)12-16)21-19(22)11-14-4-2-7-18(20)10-14/h2,4,7-10,12-13H,3,5-6,11H2,1H3,(H,21,22). The van der Waals surface area contributed by atoms with Gasteiger partial charge in [0.15, 0.2) is 0 Å². The zero-order chi connectivity index (χ0) is 15.5. The van der Waals surface area contributed by atoms with E-state index in [0.29, 0.717) is 11.4 Å². The molecule has 1 N–H and O–H groups in total. The molecule has 3 rings (SSSR count). The van der Waals surface area contributed by atoms with Gasteiger partial charge in [0.25, 0.3) is 0 Å². The number of carbonyl (C=O) groups excluding carboxylic acids is 1. The molecule has 0 aromatic heterocycles. The fourth-order valence-electron chi connectivity index (χ4n) is 3.07. The van der Waals surface area contributed by atoms with Crippen molar-refractivity contribution in [1.82, 2.24) is 5.32 Å². The average Bonchev–Trinajstić information content (AvgIpc) is 2.94. The number of halogens is 1. The summed E-state index contributed by atoms with van der Waals surface area (Å²) in [6, 6.07) is 14.0. The maximum atomic E-state index is 12.2. The van der Waals surface area contributed by atoms with E-state index in [1.165, 1.54) is 29.5 Å². The van der Waals surface area contributed by atoms with Crippen molar-refractivity contribution in [3.8, 4) is 0 Å². The zero-order valence-corrected chi connectivity index (χ0v) is 13.5. The summed E-state index contributed by atoms with van der Waals surface area (Å²) in [6.07, 6.45) is 3.95. The summed E-state index contributed by atoms with van der Waals surface area (Å²) < 4.78 is 0. The first kappa shape index (κ1) is 15.1. The van der Waals surface area contributed by atoms with Crippen molar-refractivity contribution in [2.24, 2.45) is 0 Å². The Balaban J connectivity index is 1.63. The lowest BCUT2D eigenvalue weighted by molar-refractivity contribution is -0.121. The van der Waals surface area contributed by atoms with E-state index in [2.05, 4.69) is 23.5 Å². The molecule has 0 saturated heterocycles. The highest BCUT2D eigenvalue weighted by atomic mass is 35.5. The fraction of sp³-hybridized carbons (Fsp3) is 0.316. The third kappa shape index (κ3) is 3.50. The van der Waals surface area contributed by atoms with Crippen molar-refractivity contribution >= 4 is 17.5 Å². The van der Waals surface area contributed by atoms with Gasteiger partial charge in [-0.3, -0.25) is 4.79 Å². The summed E-state index contributed by atoms with van der Waals surface area (Å²) in [4.78, 5) is 12.2. The van der Waals surface area contributed by atoms with Crippen LogP contribution in [-0.4, -0.2) is 5.91 Å². The van der Waals surface area contributed by atoms with Crippen LogP contribution in [0.15, 0.2) is 42.5 Å².